The fourth-order valence-corrected chi connectivity index (χ4v) is 4.66. The average Bonchev–Trinajstić information content (AvgIpc) is 3.06. The molecule has 8 heteroatoms. The lowest BCUT2D eigenvalue weighted by Gasteiger charge is -2.12. The molecule has 3 aromatic rings. The van der Waals surface area contributed by atoms with Crippen LogP contribution in [0.25, 0.3) is 10.2 Å². The molecule has 30 heavy (non-hydrogen) atoms. The molecule has 0 fully saturated rings. The highest BCUT2D eigenvalue weighted by atomic mass is 32.2. The molecule has 0 aliphatic heterocycles. The van der Waals surface area contributed by atoms with E-state index in [1.54, 1.807) is 23.9 Å². The molecule has 3 rings (SSSR count). The van der Waals surface area contributed by atoms with E-state index in [0.717, 1.165) is 22.5 Å². The summed E-state index contributed by atoms with van der Waals surface area (Å²) in [5.41, 5.74) is 3.93. The highest BCUT2D eigenvalue weighted by Crippen LogP contribution is 2.38. The molecular weight excluding hydrogens is 420 g/mol. The molecule has 2 aromatic carbocycles. The summed E-state index contributed by atoms with van der Waals surface area (Å²) in [5.74, 6) is 1.87. The van der Waals surface area contributed by atoms with Crippen LogP contribution in [-0.4, -0.2) is 43.8 Å². The van der Waals surface area contributed by atoms with E-state index in [1.807, 2.05) is 0 Å². The molecule has 0 spiro atoms. The lowest BCUT2D eigenvalue weighted by Crippen LogP contribution is -2.18. The summed E-state index contributed by atoms with van der Waals surface area (Å²) in [6.45, 7) is 4.98. The van der Waals surface area contributed by atoms with Gasteiger partial charge >= 0.3 is 0 Å². The van der Waals surface area contributed by atoms with E-state index in [-0.39, 0.29) is 5.91 Å². The SMILES string of the molecule is COc1cc(C(=O)N=c2sc3cc(C)c(C)cc3n2CCSC)cc(OC)c1OC. The van der Waals surface area contributed by atoms with Gasteiger partial charge in [0.15, 0.2) is 16.3 Å². The number of hydrogen-bond donors (Lipinski definition) is 0. The summed E-state index contributed by atoms with van der Waals surface area (Å²) in [6, 6.07) is 7.58. The topological polar surface area (TPSA) is 62.0 Å². The number of aryl methyl sites for hydroxylation is 3. The number of rotatable bonds is 7. The molecule has 0 saturated heterocycles. The minimum absolute atomic E-state index is 0.354. The van der Waals surface area contributed by atoms with Crippen molar-refractivity contribution < 1.29 is 19.0 Å². The Labute approximate surface area is 184 Å². The molecule has 6 nitrogen and oxygen atoms in total. The van der Waals surface area contributed by atoms with E-state index >= 15 is 0 Å². The molecule has 160 valence electrons. The van der Waals surface area contributed by atoms with Crippen LogP contribution in [0.5, 0.6) is 17.2 Å². The van der Waals surface area contributed by atoms with Crippen molar-refractivity contribution in [3.63, 3.8) is 0 Å². The van der Waals surface area contributed by atoms with E-state index in [2.05, 4.69) is 41.8 Å². The van der Waals surface area contributed by atoms with E-state index in [1.165, 1.54) is 43.8 Å². The van der Waals surface area contributed by atoms with E-state index in [0.29, 0.717) is 27.6 Å². The summed E-state index contributed by atoms with van der Waals surface area (Å²) in [7, 11) is 4.58. The molecule has 0 aliphatic rings. The van der Waals surface area contributed by atoms with E-state index in [9.17, 15) is 4.79 Å². The lowest BCUT2D eigenvalue weighted by molar-refractivity contribution is 0.0997. The average molecular weight is 447 g/mol. The molecule has 0 bridgehead atoms. The van der Waals surface area contributed by atoms with Crippen molar-refractivity contribution >= 4 is 39.2 Å². The smallest absolute Gasteiger partial charge is 0.279 e. The molecule has 0 atom stereocenters. The van der Waals surface area contributed by atoms with Gasteiger partial charge in [0.2, 0.25) is 5.75 Å². The lowest BCUT2D eigenvalue weighted by atomic mass is 10.1. The van der Waals surface area contributed by atoms with Gasteiger partial charge in [-0.2, -0.15) is 16.8 Å². The number of carbonyl (C=O) groups is 1. The van der Waals surface area contributed by atoms with Crippen molar-refractivity contribution in [3.8, 4) is 17.2 Å². The maximum absolute atomic E-state index is 13.1. The van der Waals surface area contributed by atoms with Gasteiger partial charge < -0.3 is 18.8 Å². The molecule has 0 radical (unpaired) electrons. The van der Waals surface area contributed by atoms with Crippen molar-refractivity contribution in [2.24, 2.45) is 4.99 Å². The van der Waals surface area contributed by atoms with Crippen molar-refractivity contribution in [3.05, 3.63) is 45.8 Å². The van der Waals surface area contributed by atoms with E-state index in [4.69, 9.17) is 14.2 Å². The number of methoxy groups -OCH3 is 3. The van der Waals surface area contributed by atoms with Crippen LogP contribution in [0.15, 0.2) is 29.3 Å². The standard InChI is InChI=1S/C22H26N2O4S2/c1-13-9-16-19(10-14(13)2)30-22(24(16)7-8-29-6)23-21(25)15-11-17(26-3)20(28-5)18(12-15)27-4/h9-12H,7-8H2,1-6H3. The number of benzene rings is 2. The Bertz CT molecular complexity index is 1120. The second kappa shape index (κ2) is 9.57. The number of hydrogen-bond acceptors (Lipinski definition) is 6. The third-order valence-electron chi connectivity index (χ3n) is 4.93. The van der Waals surface area contributed by atoms with E-state index < -0.39 is 0 Å². The van der Waals surface area contributed by atoms with Crippen LogP contribution in [0, 0.1) is 13.8 Å². The highest BCUT2D eigenvalue weighted by Gasteiger charge is 2.17. The number of thioether (sulfide) groups is 1. The number of thiazole rings is 1. The molecule has 1 heterocycles. The van der Waals surface area contributed by atoms with Crippen molar-refractivity contribution in [1.29, 1.82) is 0 Å². The largest absolute Gasteiger partial charge is 0.493 e. The fourth-order valence-electron chi connectivity index (χ4n) is 3.16. The third-order valence-corrected chi connectivity index (χ3v) is 6.56. The van der Waals surface area contributed by atoms with Crippen LogP contribution >= 0.6 is 23.1 Å². The monoisotopic (exact) mass is 446 g/mol. The maximum atomic E-state index is 13.1. The molecule has 0 saturated carbocycles. The van der Waals surface area contributed by atoms with Gasteiger partial charge in [-0.15, -0.1) is 0 Å². The van der Waals surface area contributed by atoms with Crippen LogP contribution in [0.2, 0.25) is 0 Å². The Balaban J connectivity index is 2.15. The van der Waals surface area contributed by atoms with Crippen LogP contribution in [-0.2, 0) is 6.54 Å². The number of amides is 1. The van der Waals surface area contributed by atoms with Crippen molar-refractivity contribution in [2.75, 3.05) is 33.3 Å². The second-order valence-corrected chi connectivity index (χ2v) is 8.76. The minimum atomic E-state index is -0.354. The molecule has 0 aliphatic carbocycles. The van der Waals surface area contributed by atoms with Gasteiger partial charge in [-0.25, -0.2) is 0 Å². The van der Waals surface area contributed by atoms with Crippen LogP contribution in [0.3, 0.4) is 0 Å². The zero-order valence-electron chi connectivity index (χ0n) is 18.1. The molecule has 0 unspecified atom stereocenters. The van der Waals surface area contributed by atoms with Gasteiger partial charge in [-0.05, 0) is 55.5 Å². The molecule has 1 amide bonds. The number of nitrogens with zero attached hydrogens (tertiary/aromatic N) is 2. The normalized spacial score (nSPS) is 11.7. The van der Waals surface area contributed by atoms with Gasteiger partial charge in [-0.1, -0.05) is 11.3 Å². The Hall–Kier alpha value is -2.45. The number of carbonyl (C=O) groups excluding carboxylic acids is 1. The zero-order chi connectivity index (χ0) is 21.8. The summed E-state index contributed by atoms with van der Waals surface area (Å²) in [6.07, 6.45) is 2.07. The highest BCUT2D eigenvalue weighted by molar-refractivity contribution is 7.98. The Kier molecular flexibility index (Phi) is 7.10. The number of fused-ring (bicyclic) bond motifs is 1. The van der Waals surface area contributed by atoms with Crippen molar-refractivity contribution in [1.82, 2.24) is 4.57 Å². The van der Waals surface area contributed by atoms with Crippen LogP contribution < -0.4 is 19.0 Å². The Morgan fingerprint density at radius 1 is 1.03 bits per heavy atom. The minimum Gasteiger partial charge on any atom is -0.493 e. The second-order valence-electron chi connectivity index (χ2n) is 6.76. The van der Waals surface area contributed by atoms with Crippen LogP contribution in [0.1, 0.15) is 21.5 Å². The first kappa shape index (κ1) is 22.2. The Morgan fingerprint density at radius 2 is 1.67 bits per heavy atom. The van der Waals surface area contributed by atoms with Gasteiger partial charge in [0, 0.05) is 17.9 Å². The summed E-state index contributed by atoms with van der Waals surface area (Å²) >= 11 is 3.29. The first-order valence-electron chi connectivity index (χ1n) is 9.42. The summed E-state index contributed by atoms with van der Waals surface area (Å²) in [4.78, 5) is 18.2. The van der Waals surface area contributed by atoms with Gasteiger partial charge in [0.25, 0.3) is 5.91 Å². The predicted octanol–water partition coefficient (Wildman–Crippen LogP) is 4.45. The maximum Gasteiger partial charge on any atom is 0.279 e. The zero-order valence-corrected chi connectivity index (χ0v) is 19.7. The fraction of sp³-hybridized carbons (Fsp3) is 0.364. The quantitative estimate of drug-likeness (QED) is 0.537. The van der Waals surface area contributed by atoms with Crippen molar-refractivity contribution in [2.45, 2.75) is 20.4 Å². The summed E-state index contributed by atoms with van der Waals surface area (Å²) < 4.78 is 19.3. The molecule has 1 aromatic heterocycles. The molecular formula is C22H26N2O4S2. The number of aromatic nitrogens is 1. The van der Waals surface area contributed by atoms with Gasteiger partial charge in [0.1, 0.15) is 0 Å². The van der Waals surface area contributed by atoms with Gasteiger partial charge in [-0.3, -0.25) is 4.79 Å². The molecule has 0 N–H and O–H groups in total. The Morgan fingerprint density at radius 3 is 2.23 bits per heavy atom. The predicted molar refractivity (Wildman–Crippen MR) is 124 cm³/mol. The summed E-state index contributed by atoms with van der Waals surface area (Å²) in [5, 5.41) is 0. The first-order chi connectivity index (χ1) is 14.4. The third kappa shape index (κ3) is 4.34. The first-order valence-corrected chi connectivity index (χ1v) is 11.6. The van der Waals surface area contributed by atoms with Crippen LogP contribution in [0.4, 0.5) is 0 Å². The van der Waals surface area contributed by atoms with Gasteiger partial charge in [0.05, 0.1) is 31.5 Å². The number of ether oxygens (including phenoxy) is 3.